The van der Waals surface area contributed by atoms with Gasteiger partial charge in [0.15, 0.2) is 0 Å². The van der Waals surface area contributed by atoms with E-state index >= 15 is 0 Å². The zero-order chi connectivity index (χ0) is 22.7. The van der Waals surface area contributed by atoms with Crippen molar-refractivity contribution < 1.29 is 29.4 Å². The Morgan fingerprint density at radius 3 is 1.93 bits per heavy atom. The molecule has 30 heavy (non-hydrogen) atoms. The Hall–Kier alpha value is -2.90. The zero-order valence-corrected chi connectivity index (χ0v) is 17.4. The molecule has 0 heterocycles. The highest BCUT2D eigenvalue weighted by Gasteiger charge is 2.32. The number of carboxylic acids is 2. The molecule has 1 fully saturated rings. The van der Waals surface area contributed by atoms with E-state index in [0.717, 1.165) is 0 Å². The minimum absolute atomic E-state index is 0.0839. The van der Waals surface area contributed by atoms with Crippen LogP contribution < -0.4 is 11.1 Å². The average Bonchev–Trinajstić information content (AvgIpc) is 2.73. The minimum Gasteiger partial charge on any atom is -0.481 e. The van der Waals surface area contributed by atoms with Crippen molar-refractivity contribution in [3.05, 3.63) is 36.6 Å². The second-order valence-electron chi connectivity index (χ2n) is 7.69. The molecule has 1 rings (SSSR count). The summed E-state index contributed by atoms with van der Waals surface area (Å²) in [5, 5.41) is 21.8. The fraction of sp³-hybridized carbons (Fsp3) is 0.545. The van der Waals surface area contributed by atoms with Crippen molar-refractivity contribution >= 4 is 23.8 Å². The van der Waals surface area contributed by atoms with Crippen LogP contribution >= 0.6 is 0 Å². The Kier molecular flexibility index (Phi) is 10.6. The van der Waals surface area contributed by atoms with Crippen molar-refractivity contribution in [1.82, 2.24) is 5.32 Å². The van der Waals surface area contributed by atoms with Crippen molar-refractivity contribution in [3.8, 4) is 0 Å². The second-order valence-corrected chi connectivity index (χ2v) is 7.69. The first-order valence-electron chi connectivity index (χ1n) is 10.2. The third kappa shape index (κ3) is 8.23. The Bertz CT molecular complexity index is 712. The molecule has 2 amide bonds. The van der Waals surface area contributed by atoms with Crippen LogP contribution in [-0.2, 0) is 19.2 Å². The molecular weight excluding hydrogens is 388 g/mol. The molecule has 4 unspecified atom stereocenters. The monoisotopic (exact) mass is 420 g/mol. The van der Waals surface area contributed by atoms with E-state index in [9.17, 15) is 29.4 Å². The van der Waals surface area contributed by atoms with Crippen LogP contribution in [0.15, 0.2) is 36.6 Å². The van der Waals surface area contributed by atoms with Gasteiger partial charge < -0.3 is 21.3 Å². The van der Waals surface area contributed by atoms with E-state index in [4.69, 9.17) is 5.73 Å². The van der Waals surface area contributed by atoms with E-state index in [1.54, 1.807) is 18.2 Å². The lowest BCUT2D eigenvalue weighted by atomic mass is 9.85. The van der Waals surface area contributed by atoms with Gasteiger partial charge in [-0.05, 0) is 57.6 Å². The van der Waals surface area contributed by atoms with E-state index in [2.05, 4.69) is 11.9 Å². The normalized spacial score (nSPS) is 26.4. The molecule has 4 atom stereocenters. The summed E-state index contributed by atoms with van der Waals surface area (Å²) >= 11 is 0. The highest BCUT2D eigenvalue weighted by atomic mass is 16.4. The maximum Gasteiger partial charge on any atom is 0.306 e. The first-order chi connectivity index (χ1) is 14.2. The number of hydrogen-bond acceptors (Lipinski definition) is 4. The molecular formula is C22H32N2O6. The number of aliphatic carboxylic acids is 2. The maximum absolute atomic E-state index is 12.8. The molecule has 0 aliphatic heterocycles. The Morgan fingerprint density at radius 2 is 1.47 bits per heavy atom. The summed E-state index contributed by atoms with van der Waals surface area (Å²) in [5.41, 5.74) is 5.95. The molecule has 0 aromatic carbocycles. The van der Waals surface area contributed by atoms with Gasteiger partial charge in [0.1, 0.15) is 0 Å². The third-order valence-electron chi connectivity index (χ3n) is 5.53. The Labute approximate surface area is 176 Å². The molecule has 0 spiro atoms. The van der Waals surface area contributed by atoms with Crippen molar-refractivity contribution in [2.24, 2.45) is 29.4 Å². The van der Waals surface area contributed by atoms with Gasteiger partial charge in [0.05, 0.1) is 11.8 Å². The van der Waals surface area contributed by atoms with Gasteiger partial charge in [-0.2, -0.15) is 0 Å². The van der Waals surface area contributed by atoms with Crippen molar-refractivity contribution in [2.75, 3.05) is 0 Å². The highest BCUT2D eigenvalue weighted by Crippen LogP contribution is 2.30. The summed E-state index contributed by atoms with van der Waals surface area (Å²) in [7, 11) is 0. The van der Waals surface area contributed by atoms with Crippen LogP contribution in [0.25, 0.3) is 0 Å². The summed E-state index contributed by atoms with van der Waals surface area (Å²) in [6.45, 7) is 5.50. The van der Waals surface area contributed by atoms with Gasteiger partial charge in [-0.15, -0.1) is 0 Å². The molecule has 0 aromatic heterocycles. The van der Waals surface area contributed by atoms with Crippen LogP contribution in [0.5, 0.6) is 0 Å². The number of carbonyl (C=O) groups is 4. The SMILES string of the molecule is C=C/C(=C\C=C/C)NC(=O)C1CCCC(C(N)=O)CC(C(=O)O)CCC(C(=O)O)C1. The summed E-state index contributed by atoms with van der Waals surface area (Å²) in [6, 6.07) is 0. The zero-order valence-electron chi connectivity index (χ0n) is 17.4. The molecule has 1 aliphatic carbocycles. The third-order valence-corrected chi connectivity index (χ3v) is 5.53. The lowest BCUT2D eigenvalue weighted by molar-refractivity contribution is -0.146. The summed E-state index contributed by atoms with van der Waals surface area (Å²) in [5.74, 6) is -5.91. The van der Waals surface area contributed by atoms with Gasteiger partial charge in [-0.3, -0.25) is 19.2 Å². The lowest BCUT2D eigenvalue weighted by Gasteiger charge is -2.21. The molecule has 1 saturated carbocycles. The van der Waals surface area contributed by atoms with E-state index in [-0.39, 0.29) is 31.6 Å². The van der Waals surface area contributed by atoms with Gasteiger partial charge in [0.25, 0.3) is 0 Å². The quantitative estimate of drug-likeness (QED) is 0.466. The molecule has 1 aliphatic rings. The molecule has 0 radical (unpaired) electrons. The topological polar surface area (TPSA) is 147 Å². The van der Waals surface area contributed by atoms with Crippen molar-refractivity contribution in [3.63, 3.8) is 0 Å². The van der Waals surface area contributed by atoms with Crippen LogP contribution in [0.3, 0.4) is 0 Å². The molecule has 0 aromatic rings. The minimum atomic E-state index is -1.07. The number of nitrogens with two attached hydrogens (primary N) is 1. The number of amides is 2. The molecule has 0 bridgehead atoms. The van der Waals surface area contributed by atoms with Crippen LogP contribution in [0.2, 0.25) is 0 Å². The molecule has 166 valence electrons. The van der Waals surface area contributed by atoms with E-state index in [1.165, 1.54) is 6.08 Å². The van der Waals surface area contributed by atoms with E-state index in [1.807, 2.05) is 6.92 Å². The van der Waals surface area contributed by atoms with Gasteiger partial charge >= 0.3 is 11.9 Å². The molecule has 5 N–H and O–H groups in total. The van der Waals surface area contributed by atoms with Crippen molar-refractivity contribution in [2.45, 2.75) is 51.9 Å². The van der Waals surface area contributed by atoms with Crippen LogP contribution in [0.4, 0.5) is 0 Å². The fourth-order valence-electron chi connectivity index (χ4n) is 3.72. The van der Waals surface area contributed by atoms with Crippen LogP contribution in [0.1, 0.15) is 51.9 Å². The number of nitrogens with one attached hydrogen (secondary N) is 1. The number of rotatable bonds is 7. The number of carboxylic acid groups (broad SMARTS) is 2. The Morgan fingerprint density at radius 1 is 0.933 bits per heavy atom. The highest BCUT2D eigenvalue weighted by molar-refractivity contribution is 5.82. The maximum atomic E-state index is 12.8. The number of hydrogen-bond donors (Lipinski definition) is 4. The van der Waals surface area contributed by atoms with Gasteiger partial charge in [-0.1, -0.05) is 25.2 Å². The molecule has 0 saturated heterocycles. The standard InChI is InChI=1S/C22H32N2O6/c1-3-5-9-18(4-2)24-20(26)15-8-6-7-14(19(23)25)12-16(21(27)28)10-11-17(13-15)22(29)30/h3-5,9,14-17H,2,6-8,10-13H2,1H3,(H2,23,25)(H,24,26)(H,27,28)(H,29,30)/b5-3-,18-9+. The van der Waals surface area contributed by atoms with Gasteiger partial charge in [-0.25, -0.2) is 0 Å². The summed E-state index contributed by atoms with van der Waals surface area (Å²) < 4.78 is 0. The van der Waals surface area contributed by atoms with Crippen molar-refractivity contribution in [1.29, 1.82) is 0 Å². The summed E-state index contributed by atoms with van der Waals surface area (Å²) in [6.07, 6.45) is 8.35. The number of carbonyl (C=O) groups excluding carboxylic acids is 2. The summed E-state index contributed by atoms with van der Waals surface area (Å²) in [4.78, 5) is 47.9. The predicted octanol–water partition coefficient (Wildman–Crippen LogP) is 2.61. The van der Waals surface area contributed by atoms with E-state index < -0.39 is 41.5 Å². The first-order valence-corrected chi connectivity index (χ1v) is 10.2. The average molecular weight is 421 g/mol. The lowest BCUT2D eigenvalue weighted by Crippen LogP contribution is -2.32. The smallest absolute Gasteiger partial charge is 0.306 e. The largest absolute Gasteiger partial charge is 0.481 e. The first kappa shape index (κ1) is 25.1. The van der Waals surface area contributed by atoms with Crippen LogP contribution in [-0.4, -0.2) is 34.0 Å². The van der Waals surface area contributed by atoms with Crippen LogP contribution in [0, 0.1) is 23.7 Å². The number of primary amides is 1. The fourth-order valence-corrected chi connectivity index (χ4v) is 3.72. The van der Waals surface area contributed by atoms with E-state index in [0.29, 0.717) is 25.0 Å². The second kappa shape index (κ2) is 12.6. The van der Waals surface area contributed by atoms with Gasteiger partial charge in [0.2, 0.25) is 11.8 Å². The Balaban J connectivity index is 3.09. The van der Waals surface area contributed by atoms with Gasteiger partial charge in [0, 0.05) is 17.5 Å². The predicted molar refractivity (Wildman–Crippen MR) is 112 cm³/mol. The number of allylic oxidation sites excluding steroid dienone is 4. The molecule has 8 nitrogen and oxygen atoms in total. The molecule has 8 heteroatoms.